The molecule has 0 aromatic carbocycles. The summed E-state index contributed by atoms with van der Waals surface area (Å²) >= 11 is 1.72. The Labute approximate surface area is 150 Å². The average molecular weight is 424 g/mol. The van der Waals surface area contributed by atoms with Gasteiger partial charge in [-0.15, -0.1) is 35.3 Å². The molecule has 0 bridgehead atoms. The number of aromatic nitrogens is 1. The number of hydrogen-bond donors (Lipinski definition) is 2. The molecule has 0 saturated carbocycles. The van der Waals surface area contributed by atoms with Crippen LogP contribution < -0.4 is 10.6 Å². The van der Waals surface area contributed by atoms with Gasteiger partial charge >= 0.3 is 0 Å². The van der Waals surface area contributed by atoms with Crippen molar-refractivity contribution in [2.75, 3.05) is 13.6 Å². The summed E-state index contributed by atoms with van der Waals surface area (Å²) in [5.74, 6) is 1.60. The number of aliphatic imine (C=N–C) groups is 1. The molecular weight excluding hydrogens is 395 g/mol. The summed E-state index contributed by atoms with van der Waals surface area (Å²) in [5.41, 5.74) is 0. The predicted molar refractivity (Wildman–Crippen MR) is 104 cm³/mol. The number of nitrogens with one attached hydrogen (secondary N) is 2. The molecule has 0 fully saturated rings. The van der Waals surface area contributed by atoms with Crippen LogP contribution in [0.15, 0.2) is 11.2 Å². The lowest BCUT2D eigenvalue weighted by Crippen LogP contribution is -2.39. The lowest BCUT2D eigenvalue weighted by atomic mass is 9.99. The van der Waals surface area contributed by atoms with E-state index in [1.165, 1.54) is 30.6 Å². The molecule has 2 N–H and O–H groups in total. The Hall–Kier alpha value is -0.370. The number of hydrogen-bond acceptors (Lipinski definition) is 3. The van der Waals surface area contributed by atoms with Gasteiger partial charge in [-0.3, -0.25) is 4.99 Å². The second-order valence-electron chi connectivity index (χ2n) is 5.09. The van der Waals surface area contributed by atoms with Crippen molar-refractivity contribution >= 4 is 41.3 Å². The minimum Gasteiger partial charge on any atom is -0.356 e. The van der Waals surface area contributed by atoms with Crippen molar-refractivity contribution in [3.8, 4) is 0 Å². The third kappa shape index (κ3) is 8.60. The maximum atomic E-state index is 4.35. The van der Waals surface area contributed by atoms with Crippen LogP contribution in [0.2, 0.25) is 0 Å². The van der Waals surface area contributed by atoms with E-state index in [0.717, 1.165) is 30.0 Å². The van der Waals surface area contributed by atoms with Crippen LogP contribution in [0.4, 0.5) is 0 Å². The van der Waals surface area contributed by atoms with Crippen molar-refractivity contribution < 1.29 is 0 Å². The summed E-state index contributed by atoms with van der Waals surface area (Å²) in [5, 5.41) is 7.84. The zero-order valence-electron chi connectivity index (χ0n) is 13.6. The molecule has 1 atom stereocenters. The number of rotatable bonds is 8. The van der Waals surface area contributed by atoms with Gasteiger partial charge in [0.05, 0.1) is 6.54 Å². The van der Waals surface area contributed by atoms with Crippen molar-refractivity contribution in [2.24, 2.45) is 10.9 Å². The minimum absolute atomic E-state index is 0. The van der Waals surface area contributed by atoms with Crippen molar-refractivity contribution in [2.45, 2.75) is 53.0 Å². The first-order chi connectivity index (χ1) is 9.69. The Morgan fingerprint density at radius 3 is 2.67 bits per heavy atom. The largest absolute Gasteiger partial charge is 0.356 e. The number of aryl methyl sites for hydroxylation is 1. The molecule has 1 heterocycles. The summed E-state index contributed by atoms with van der Waals surface area (Å²) < 4.78 is 0. The number of nitrogens with zero attached hydrogens (tertiary/aromatic N) is 2. The normalized spacial score (nSPS) is 12.7. The molecule has 6 heteroatoms. The van der Waals surface area contributed by atoms with Gasteiger partial charge in [-0.25, -0.2) is 4.98 Å². The topological polar surface area (TPSA) is 49.3 Å². The molecule has 1 aromatic rings. The molecule has 4 nitrogen and oxygen atoms in total. The lowest BCUT2D eigenvalue weighted by Gasteiger charge is -2.17. The van der Waals surface area contributed by atoms with E-state index >= 15 is 0 Å². The molecule has 1 unspecified atom stereocenters. The van der Waals surface area contributed by atoms with Gasteiger partial charge in [-0.2, -0.15) is 0 Å². The fourth-order valence-corrected chi connectivity index (χ4v) is 2.77. The van der Waals surface area contributed by atoms with Crippen molar-refractivity contribution in [1.82, 2.24) is 15.6 Å². The number of thiazole rings is 1. The molecule has 0 aliphatic carbocycles. The van der Waals surface area contributed by atoms with Gasteiger partial charge in [0.15, 0.2) is 5.96 Å². The van der Waals surface area contributed by atoms with Gasteiger partial charge in [-0.1, -0.05) is 33.1 Å². The fraction of sp³-hybridized carbons (Fsp3) is 0.733. The lowest BCUT2D eigenvalue weighted by molar-refractivity contribution is 0.443. The predicted octanol–water partition coefficient (Wildman–Crippen LogP) is 3.95. The van der Waals surface area contributed by atoms with Gasteiger partial charge in [0.25, 0.3) is 0 Å². The fourth-order valence-electron chi connectivity index (χ4n) is 2.05. The molecule has 0 spiro atoms. The van der Waals surface area contributed by atoms with Crippen LogP contribution in [0.5, 0.6) is 0 Å². The summed E-state index contributed by atoms with van der Waals surface area (Å²) in [7, 11) is 1.81. The Morgan fingerprint density at radius 2 is 2.14 bits per heavy atom. The standard InChI is InChI=1S/C15H28N4S.HI/c1-5-7-8-13(6-2)10-18-15(16-4)19-11-14-17-9-12(3)20-14;/h9,13H,5-8,10-11H2,1-4H3,(H2,16,18,19);1H. The molecule has 21 heavy (non-hydrogen) atoms. The van der Waals surface area contributed by atoms with Crippen molar-refractivity contribution in [3.63, 3.8) is 0 Å². The maximum absolute atomic E-state index is 4.35. The zero-order valence-corrected chi connectivity index (χ0v) is 16.8. The summed E-state index contributed by atoms with van der Waals surface area (Å²) in [4.78, 5) is 9.86. The Kier molecular flexibility index (Phi) is 12.0. The van der Waals surface area contributed by atoms with Crippen LogP contribution in [0.25, 0.3) is 0 Å². The van der Waals surface area contributed by atoms with Crippen LogP contribution in [0.3, 0.4) is 0 Å². The molecule has 0 amide bonds. The smallest absolute Gasteiger partial charge is 0.191 e. The van der Waals surface area contributed by atoms with Crippen LogP contribution in [0.1, 0.15) is 49.4 Å². The van der Waals surface area contributed by atoms with E-state index in [4.69, 9.17) is 0 Å². The summed E-state index contributed by atoms with van der Waals surface area (Å²) in [6.07, 6.45) is 7.01. The summed E-state index contributed by atoms with van der Waals surface area (Å²) in [6.45, 7) is 8.32. The Bertz CT molecular complexity index is 406. The second kappa shape index (κ2) is 12.2. The van der Waals surface area contributed by atoms with E-state index in [2.05, 4.69) is 41.4 Å². The van der Waals surface area contributed by atoms with E-state index in [-0.39, 0.29) is 24.0 Å². The molecular formula is C15H29IN4S. The molecule has 0 radical (unpaired) electrons. The molecule has 0 saturated heterocycles. The molecule has 122 valence electrons. The van der Waals surface area contributed by atoms with Gasteiger partial charge in [0.1, 0.15) is 5.01 Å². The highest BCUT2D eigenvalue weighted by atomic mass is 127. The number of unbranched alkanes of at least 4 members (excludes halogenated alkanes) is 1. The highest BCUT2D eigenvalue weighted by Crippen LogP contribution is 2.12. The van der Waals surface area contributed by atoms with E-state index in [1.807, 2.05) is 13.2 Å². The number of guanidine groups is 1. The number of halogens is 1. The van der Waals surface area contributed by atoms with Crippen molar-refractivity contribution in [3.05, 3.63) is 16.1 Å². The third-order valence-corrected chi connectivity index (χ3v) is 4.31. The first kappa shape index (κ1) is 20.6. The van der Waals surface area contributed by atoms with E-state index in [9.17, 15) is 0 Å². The first-order valence-electron chi connectivity index (χ1n) is 7.55. The third-order valence-electron chi connectivity index (χ3n) is 3.40. The molecule has 1 aromatic heterocycles. The van der Waals surface area contributed by atoms with Crippen LogP contribution >= 0.6 is 35.3 Å². The van der Waals surface area contributed by atoms with Crippen LogP contribution in [-0.4, -0.2) is 24.5 Å². The Balaban J connectivity index is 0.00000400. The van der Waals surface area contributed by atoms with Crippen LogP contribution in [0, 0.1) is 12.8 Å². The van der Waals surface area contributed by atoms with E-state index in [0.29, 0.717) is 0 Å². The first-order valence-corrected chi connectivity index (χ1v) is 8.37. The van der Waals surface area contributed by atoms with Gasteiger partial charge in [-0.05, 0) is 19.3 Å². The maximum Gasteiger partial charge on any atom is 0.191 e. The van der Waals surface area contributed by atoms with Gasteiger partial charge in [0, 0.05) is 24.7 Å². The van der Waals surface area contributed by atoms with E-state index in [1.54, 1.807) is 11.3 Å². The molecule has 1 rings (SSSR count). The average Bonchev–Trinajstić information content (AvgIpc) is 2.87. The van der Waals surface area contributed by atoms with Gasteiger partial charge in [0.2, 0.25) is 0 Å². The summed E-state index contributed by atoms with van der Waals surface area (Å²) in [6, 6.07) is 0. The molecule has 0 aliphatic heterocycles. The van der Waals surface area contributed by atoms with Crippen LogP contribution in [-0.2, 0) is 6.54 Å². The monoisotopic (exact) mass is 424 g/mol. The minimum atomic E-state index is 0. The molecule has 0 aliphatic rings. The Morgan fingerprint density at radius 1 is 1.38 bits per heavy atom. The SMILES string of the molecule is CCCCC(CC)CNC(=NC)NCc1ncc(C)s1.I. The van der Waals surface area contributed by atoms with Crippen molar-refractivity contribution in [1.29, 1.82) is 0 Å². The quantitative estimate of drug-likeness (QED) is 0.378. The zero-order chi connectivity index (χ0) is 14.8. The highest BCUT2D eigenvalue weighted by Gasteiger charge is 2.07. The second-order valence-corrected chi connectivity index (χ2v) is 6.41. The van der Waals surface area contributed by atoms with E-state index < -0.39 is 0 Å². The van der Waals surface area contributed by atoms with Gasteiger partial charge < -0.3 is 10.6 Å². The highest BCUT2D eigenvalue weighted by molar-refractivity contribution is 14.0.